The lowest BCUT2D eigenvalue weighted by Gasteiger charge is -2.33. The van der Waals surface area contributed by atoms with Gasteiger partial charge in [0.05, 0.1) is 12.7 Å². The van der Waals surface area contributed by atoms with Gasteiger partial charge in [0, 0.05) is 37.7 Å². The summed E-state index contributed by atoms with van der Waals surface area (Å²) in [5.74, 6) is 0.542. The number of aryl methyl sites for hydroxylation is 1. The first kappa shape index (κ1) is 19.1. The van der Waals surface area contributed by atoms with E-state index >= 15 is 0 Å². The summed E-state index contributed by atoms with van der Waals surface area (Å²) in [6.07, 6.45) is 3.25. The summed E-state index contributed by atoms with van der Waals surface area (Å²) in [5, 5.41) is 0. The average molecular weight is 380 g/mol. The number of nitrogens with zero attached hydrogens (tertiary/aromatic N) is 1. The summed E-state index contributed by atoms with van der Waals surface area (Å²) in [6, 6.07) is 18.6. The molecule has 2 heterocycles. The Labute approximate surface area is 167 Å². The van der Waals surface area contributed by atoms with E-state index in [4.69, 9.17) is 4.74 Å². The van der Waals surface area contributed by atoms with E-state index in [2.05, 4.69) is 47.2 Å². The highest BCUT2D eigenvalue weighted by Crippen LogP contribution is 2.20. The molecule has 148 valence electrons. The third kappa shape index (κ3) is 4.79. The predicted molar refractivity (Wildman–Crippen MR) is 110 cm³/mol. The van der Waals surface area contributed by atoms with Crippen molar-refractivity contribution in [3.8, 4) is 0 Å². The van der Waals surface area contributed by atoms with Crippen LogP contribution in [-0.2, 0) is 11.2 Å². The molecule has 28 heavy (non-hydrogen) atoms. The van der Waals surface area contributed by atoms with Crippen molar-refractivity contribution in [3.63, 3.8) is 0 Å². The van der Waals surface area contributed by atoms with Crippen LogP contribution in [0.15, 0.2) is 54.6 Å². The minimum Gasteiger partial charge on any atom is -0.375 e. The average Bonchev–Trinajstić information content (AvgIpc) is 3.29. The van der Waals surface area contributed by atoms with Crippen LogP contribution in [0.1, 0.15) is 40.2 Å². The number of hydrazine groups is 1. The highest BCUT2D eigenvalue weighted by atomic mass is 16.5. The van der Waals surface area contributed by atoms with E-state index in [1.165, 1.54) is 11.1 Å². The molecule has 2 aliphatic rings. The first-order chi connectivity index (χ1) is 13.8. The van der Waals surface area contributed by atoms with Gasteiger partial charge >= 0.3 is 0 Å². The molecule has 0 radical (unpaired) electrons. The van der Waals surface area contributed by atoms with E-state index in [0.29, 0.717) is 25.6 Å². The zero-order valence-corrected chi connectivity index (χ0v) is 16.3. The Morgan fingerprint density at radius 1 is 1.07 bits per heavy atom. The molecule has 2 fully saturated rings. The van der Waals surface area contributed by atoms with Crippen LogP contribution in [0.5, 0.6) is 0 Å². The van der Waals surface area contributed by atoms with Crippen LogP contribution in [-0.4, -0.2) is 49.7 Å². The Balaban J connectivity index is 1.32. The number of carbonyl (C=O) groups excluding carboxylic acids is 1. The van der Waals surface area contributed by atoms with Crippen molar-refractivity contribution < 1.29 is 9.53 Å². The Kier molecular flexibility index (Phi) is 6.37. The first-order valence-corrected chi connectivity index (χ1v) is 10.3. The quantitative estimate of drug-likeness (QED) is 0.810. The van der Waals surface area contributed by atoms with E-state index < -0.39 is 0 Å². The van der Waals surface area contributed by atoms with Crippen LogP contribution in [0.25, 0.3) is 0 Å². The van der Waals surface area contributed by atoms with Crippen molar-refractivity contribution in [1.82, 2.24) is 15.8 Å². The van der Waals surface area contributed by atoms with Crippen molar-refractivity contribution in [2.45, 2.75) is 31.3 Å². The highest BCUT2D eigenvalue weighted by molar-refractivity contribution is 5.94. The number of amides is 1. The molecule has 4 rings (SSSR count). The zero-order chi connectivity index (χ0) is 19.2. The van der Waals surface area contributed by atoms with Crippen molar-refractivity contribution >= 4 is 5.91 Å². The van der Waals surface area contributed by atoms with Gasteiger partial charge in [0.25, 0.3) is 5.91 Å². The molecule has 2 aromatic rings. The van der Waals surface area contributed by atoms with Crippen LogP contribution >= 0.6 is 0 Å². The van der Waals surface area contributed by atoms with Crippen LogP contribution in [0, 0.1) is 0 Å². The van der Waals surface area contributed by atoms with E-state index in [1.807, 2.05) is 23.1 Å². The number of benzene rings is 2. The molecule has 5 heteroatoms. The normalized spacial score (nSPS) is 20.4. The Morgan fingerprint density at radius 2 is 1.89 bits per heavy atom. The number of hydrogen-bond acceptors (Lipinski definition) is 4. The van der Waals surface area contributed by atoms with Crippen molar-refractivity contribution in [3.05, 3.63) is 71.3 Å². The maximum Gasteiger partial charge on any atom is 0.254 e. The predicted octanol–water partition coefficient (Wildman–Crippen LogP) is 2.74. The van der Waals surface area contributed by atoms with Gasteiger partial charge in [-0.1, -0.05) is 42.5 Å². The summed E-state index contributed by atoms with van der Waals surface area (Å²) >= 11 is 0. The molecule has 0 aromatic heterocycles. The summed E-state index contributed by atoms with van der Waals surface area (Å²) < 4.78 is 5.93. The van der Waals surface area contributed by atoms with E-state index in [1.54, 1.807) is 0 Å². The molecule has 1 unspecified atom stereocenters. The minimum atomic E-state index is 0.122. The summed E-state index contributed by atoms with van der Waals surface area (Å²) in [5.41, 5.74) is 9.68. The number of carbonyl (C=O) groups is 1. The summed E-state index contributed by atoms with van der Waals surface area (Å²) in [6.45, 7) is 3.78. The number of hydrogen-bond donors (Lipinski definition) is 2. The van der Waals surface area contributed by atoms with Crippen LogP contribution in [0.2, 0.25) is 0 Å². The maximum atomic E-state index is 13.0. The largest absolute Gasteiger partial charge is 0.375 e. The molecule has 0 bridgehead atoms. The van der Waals surface area contributed by atoms with Gasteiger partial charge < -0.3 is 9.64 Å². The van der Waals surface area contributed by atoms with E-state index in [0.717, 1.165) is 37.9 Å². The molecule has 0 spiro atoms. The Bertz CT molecular complexity index is 774. The molecular formula is C23H29N3O2. The number of rotatable bonds is 6. The lowest BCUT2D eigenvalue weighted by Crippen LogP contribution is -2.45. The molecule has 2 aromatic carbocycles. The monoisotopic (exact) mass is 379 g/mol. The standard InChI is InChI=1S/C23H29N3O2/c27-23(20-10-5-9-19(14-20)21-15-24-25-16-21)26-12-13-28-22(17-26)11-4-8-18-6-2-1-3-7-18/h1-3,5-7,9-10,14,21-22,24-25H,4,8,11-13,15-17H2. The van der Waals surface area contributed by atoms with Gasteiger partial charge in [-0.15, -0.1) is 0 Å². The van der Waals surface area contributed by atoms with Crippen molar-refractivity contribution in [2.24, 2.45) is 0 Å². The lowest BCUT2D eigenvalue weighted by molar-refractivity contribution is -0.0255. The van der Waals surface area contributed by atoms with Gasteiger partial charge in [0.2, 0.25) is 0 Å². The molecule has 0 saturated carbocycles. The van der Waals surface area contributed by atoms with Crippen LogP contribution in [0.4, 0.5) is 0 Å². The van der Waals surface area contributed by atoms with Crippen LogP contribution < -0.4 is 10.9 Å². The second-order valence-electron chi connectivity index (χ2n) is 7.71. The van der Waals surface area contributed by atoms with Gasteiger partial charge in [-0.3, -0.25) is 15.6 Å². The molecule has 1 amide bonds. The smallest absolute Gasteiger partial charge is 0.254 e. The van der Waals surface area contributed by atoms with Gasteiger partial charge in [-0.25, -0.2) is 0 Å². The fourth-order valence-electron chi connectivity index (χ4n) is 4.06. The Morgan fingerprint density at radius 3 is 2.71 bits per heavy atom. The van der Waals surface area contributed by atoms with Gasteiger partial charge in [-0.2, -0.15) is 0 Å². The highest BCUT2D eigenvalue weighted by Gasteiger charge is 2.25. The molecule has 5 nitrogen and oxygen atoms in total. The van der Waals surface area contributed by atoms with Crippen LogP contribution in [0.3, 0.4) is 0 Å². The molecule has 2 saturated heterocycles. The van der Waals surface area contributed by atoms with E-state index in [9.17, 15) is 4.79 Å². The summed E-state index contributed by atoms with van der Waals surface area (Å²) in [4.78, 5) is 15.0. The van der Waals surface area contributed by atoms with E-state index in [-0.39, 0.29) is 12.0 Å². The van der Waals surface area contributed by atoms with Gasteiger partial charge in [0.15, 0.2) is 0 Å². The fourth-order valence-corrected chi connectivity index (χ4v) is 4.06. The van der Waals surface area contributed by atoms with Gasteiger partial charge in [-0.05, 0) is 42.5 Å². The SMILES string of the molecule is O=C(c1cccc(C2CNNC2)c1)N1CCOC(CCCc2ccccc2)C1. The molecule has 1 atom stereocenters. The maximum absolute atomic E-state index is 13.0. The topological polar surface area (TPSA) is 53.6 Å². The fraction of sp³-hybridized carbons (Fsp3) is 0.435. The molecular weight excluding hydrogens is 350 g/mol. The Hall–Kier alpha value is -2.21. The molecule has 2 aliphatic heterocycles. The first-order valence-electron chi connectivity index (χ1n) is 10.3. The molecule has 0 aliphatic carbocycles. The van der Waals surface area contributed by atoms with Crippen molar-refractivity contribution in [1.29, 1.82) is 0 Å². The third-order valence-electron chi connectivity index (χ3n) is 5.69. The molecule has 2 N–H and O–H groups in total. The number of nitrogens with one attached hydrogen (secondary N) is 2. The number of morpholine rings is 1. The zero-order valence-electron chi connectivity index (χ0n) is 16.3. The lowest BCUT2D eigenvalue weighted by atomic mass is 9.97. The van der Waals surface area contributed by atoms with Gasteiger partial charge in [0.1, 0.15) is 0 Å². The number of ether oxygens (including phenoxy) is 1. The second kappa shape index (κ2) is 9.32. The summed E-state index contributed by atoms with van der Waals surface area (Å²) in [7, 11) is 0. The van der Waals surface area contributed by atoms with Crippen molar-refractivity contribution in [2.75, 3.05) is 32.8 Å². The minimum absolute atomic E-state index is 0.122. The third-order valence-corrected chi connectivity index (χ3v) is 5.69. The second-order valence-corrected chi connectivity index (χ2v) is 7.71.